The Morgan fingerprint density at radius 2 is 1.37 bits per heavy atom. The van der Waals surface area contributed by atoms with Gasteiger partial charge in [-0.2, -0.15) is 0 Å². The quantitative estimate of drug-likeness (QED) is 0.0244. The fourth-order valence-electron chi connectivity index (χ4n) is 5.62. The summed E-state index contributed by atoms with van der Waals surface area (Å²) in [6.45, 7) is 1.50. The van der Waals surface area contributed by atoms with Crippen molar-refractivity contribution in [2.24, 2.45) is 0 Å². The summed E-state index contributed by atoms with van der Waals surface area (Å²) in [4.78, 5) is 26.0. The number of phenols is 3. The van der Waals surface area contributed by atoms with Crippen LogP contribution < -0.4 is 4.74 Å². The van der Waals surface area contributed by atoms with Gasteiger partial charge in [-0.1, -0.05) is 124 Å². The van der Waals surface area contributed by atoms with Crippen molar-refractivity contribution in [1.29, 1.82) is 0 Å². The highest BCUT2D eigenvalue weighted by Crippen LogP contribution is 2.37. The average molecular weight is 747 g/mol. The molecule has 11 heteroatoms. The van der Waals surface area contributed by atoms with Crippen LogP contribution in [0.1, 0.15) is 80.6 Å². The number of ether oxygens (including phenoxy) is 3. The summed E-state index contributed by atoms with van der Waals surface area (Å²) in [6.07, 6.45) is 23.4. The zero-order valence-electron chi connectivity index (χ0n) is 30.8. The molecule has 0 unspecified atom stereocenters. The fourth-order valence-corrected chi connectivity index (χ4v) is 5.62. The van der Waals surface area contributed by atoms with Gasteiger partial charge in [0, 0.05) is 24.6 Å². The molecule has 1 saturated heterocycles. The van der Waals surface area contributed by atoms with Crippen LogP contribution in [0, 0.1) is 0 Å². The molecule has 1 heterocycles. The topological polar surface area (TPSA) is 183 Å². The number of aromatic hydroxyl groups is 3. The van der Waals surface area contributed by atoms with E-state index in [9.17, 15) is 40.2 Å². The molecule has 1 fully saturated rings. The summed E-state index contributed by atoms with van der Waals surface area (Å²) < 4.78 is 16.8. The maximum Gasteiger partial charge on any atom is 0.331 e. The van der Waals surface area contributed by atoms with Crippen LogP contribution in [0.15, 0.2) is 109 Å². The van der Waals surface area contributed by atoms with E-state index in [0.29, 0.717) is 0 Å². The molecule has 11 nitrogen and oxygen atoms in total. The van der Waals surface area contributed by atoms with Crippen molar-refractivity contribution in [3.8, 4) is 23.0 Å². The van der Waals surface area contributed by atoms with Gasteiger partial charge in [-0.15, -0.1) is 0 Å². The minimum absolute atomic E-state index is 0.0666. The lowest BCUT2D eigenvalue weighted by molar-refractivity contribution is -0.281. The normalized spacial score (nSPS) is 20.7. The molecule has 292 valence electrons. The van der Waals surface area contributed by atoms with Crippen molar-refractivity contribution < 1.29 is 54.4 Å². The lowest BCUT2D eigenvalue weighted by Crippen LogP contribution is -2.61. The summed E-state index contributed by atoms with van der Waals surface area (Å²) >= 11 is 0. The summed E-state index contributed by atoms with van der Waals surface area (Å²) in [5.41, 5.74) is 0.430. The molecular weight excluding hydrogens is 692 g/mol. The number of unbranched alkanes of at least 4 members (excludes halogenated alkanes) is 7. The Hall–Kier alpha value is -4.94. The molecule has 2 aromatic carbocycles. The average Bonchev–Trinajstić information content (AvgIpc) is 3.15. The van der Waals surface area contributed by atoms with Crippen LogP contribution in [0.2, 0.25) is 0 Å². The molecule has 1 aliphatic rings. The summed E-state index contributed by atoms with van der Waals surface area (Å²) in [6, 6.07) is 8.23. The number of esters is 1. The Kier molecular flexibility index (Phi) is 19.6. The summed E-state index contributed by atoms with van der Waals surface area (Å²) in [5.74, 6) is -2.83. The Morgan fingerprint density at radius 1 is 0.759 bits per heavy atom. The largest absolute Gasteiger partial charge is 0.508 e. The number of hydrogen-bond donors (Lipinski definition) is 6. The number of allylic oxidation sites excluding steroid dienone is 11. The van der Waals surface area contributed by atoms with E-state index in [1.54, 1.807) is 30.4 Å². The van der Waals surface area contributed by atoms with Crippen LogP contribution in [0.3, 0.4) is 0 Å². The standard InChI is InChI=1S/C43H54O11/c1-2-3-4-5-6-7-8-9-10-11-12-13-14-15-16-17-18-19-20-21-38(49)54-42-41(51)40(50)37(30-44)53-43(42)52-36-29-33(46)28-35(48)39(36)34(47)27-24-31-22-25-32(45)26-23-31/h10-23,25-26,28-29,37,40-46,48,50-51H,2-9,24,27,30H2,1H3/b11-10+,13-12+,15-14+,17-16+,19-18+,21-20+/t37-,40-,41+,42-,43-/m1/s1. The van der Waals surface area contributed by atoms with Gasteiger partial charge in [0.2, 0.25) is 6.29 Å². The molecule has 2 aromatic rings. The van der Waals surface area contributed by atoms with Crippen molar-refractivity contribution in [3.63, 3.8) is 0 Å². The van der Waals surface area contributed by atoms with E-state index in [-0.39, 0.29) is 29.9 Å². The monoisotopic (exact) mass is 746 g/mol. The van der Waals surface area contributed by atoms with Gasteiger partial charge in [0.05, 0.1) is 6.61 Å². The van der Waals surface area contributed by atoms with Crippen LogP contribution in [0.4, 0.5) is 0 Å². The number of carbonyl (C=O) groups is 2. The Balaban J connectivity index is 1.56. The number of benzene rings is 2. The van der Waals surface area contributed by atoms with Crippen LogP contribution in [-0.2, 0) is 20.7 Å². The number of carbonyl (C=O) groups excluding carboxylic acids is 2. The molecule has 0 bridgehead atoms. The molecule has 54 heavy (non-hydrogen) atoms. The molecule has 0 saturated carbocycles. The molecule has 0 radical (unpaired) electrons. The number of ketones is 1. The minimum atomic E-state index is -1.78. The summed E-state index contributed by atoms with van der Waals surface area (Å²) in [7, 11) is 0. The predicted octanol–water partition coefficient (Wildman–Crippen LogP) is 6.83. The molecule has 1 aliphatic heterocycles. The van der Waals surface area contributed by atoms with Gasteiger partial charge in [0.1, 0.15) is 46.9 Å². The van der Waals surface area contributed by atoms with Crippen molar-refractivity contribution in [2.45, 2.75) is 102 Å². The van der Waals surface area contributed by atoms with Crippen molar-refractivity contribution in [3.05, 3.63) is 120 Å². The lowest BCUT2D eigenvalue weighted by Gasteiger charge is -2.41. The third-order valence-electron chi connectivity index (χ3n) is 8.58. The third kappa shape index (κ3) is 15.2. The first-order valence-corrected chi connectivity index (χ1v) is 18.5. The molecular formula is C43H54O11. The van der Waals surface area contributed by atoms with Crippen molar-refractivity contribution in [2.75, 3.05) is 6.61 Å². The van der Waals surface area contributed by atoms with E-state index >= 15 is 0 Å². The first kappa shape index (κ1) is 43.5. The minimum Gasteiger partial charge on any atom is -0.508 e. The number of phenolic OH excluding ortho intramolecular Hbond substituents is 3. The molecule has 6 N–H and O–H groups in total. The molecule has 0 aromatic heterocycles. The van der Waals surface area contributed by atoms with Gasteiger partial charge in [0.15, 0.2) is 11.9 Å². The predicted molar refractivity (Wildman–Crippen MR) is 206 cm³/mol. The maximum absolute atomic E-state index is 13.3. The Morgan fingerprint density at radius 3 is 2.02 bits per heavy atom. The van der Waals surface area contributed by atoms with Crippen molar-refractivity contribution in [1.82, 2.24) is 0 Å². The second kappa shape index (κ2) is 24.4. The first-order chi connectivity index (χ1) is 26.1. The van der Waals surface area contributed by atoms with Gasteiger partial charge < -0.3 is 44.8 Å². The highest BCUT2D eigenvalue weighted by Gasteiger charge is 2.48. The molecule has 5 atom stereocenters. The van der Waals surface area contributed by atoms with E-state index in [2.05, 4.69) is 13.0 Å². The van der Waals surface area contributed by atoms with Gasteiger partial charge in [-0.3, -0.25) is 4.79 Å². The second-order valence-electron chi connectivity index (χ2n) is 12.9. The Bertz CT molecular complexity index is 1620. The van der Waals surface area contributed by atoms with E-state index in [1.165, 1.54) is 63.2 Å². The van der Waals surface area contributed by atoms with Gasteiger partial charge >= 0.3 is 5.97 Å². The number of Topliss-reactive ketones (excluding diaryl/α,β-unsaturated/α-hetero) is 1. The number of aliphatic hydroxyl groups is 3. The van der Waals surface area contributed by atoms with Gasteiger partial charge in [0.25, 0.3) is 0 Å². The molecule has 3 rings (SSSR count). The Labute approximate surface area is 317 Å². The molecule has 0 spiro atoms. The van der Waals surface area contributed by atoms with Gasteiger partial charge in [-0.05, 0) is 37.0 Å². The highest BCUT2D eigenvalue weighted by molar-refractivity contribution is 6.01. The third-order valence-corrected chi connectivity index (χ3v) is 8.58. The zero-order valence-corrected chi connectivity index (χ0v) is 30.8. The fraction of sp³-hybridized carbons (Fsp3) is 0.395. The van der Waals surface area contributed by atoms with E-state index in [4.69, 9.17) is 14.2 Å². The summed E-state index contributed by atoms with van der Waals surface area (Å²) in [5, 5.41) is 61.4. The van der Waals surface area contributed by atoms with Crippen LogP contribution >= 0.6 is 0 Å². The van der Waals surface area contributed by atoms with Crippen LogP contribution in [0.25, 0.3) is 0 Å². The van der Waals surface area contributed by atoms with Crippen LogP contribution in [-0.4, -0.2) is 79.7 Å². The number of rotatable bonds is 22. The van der Waals surface area contributed by atoms with E-state index < -0.39 is 60.6 Å². The van der Waals surface area contributed by atoms with E-state index in [1.807, 2.05) is 36.5 Å². The maximum atomic E-state index is 13.3. The highest BCUT2D eigenvalue weighted by atomic mass is 16.7. The smallest absolute Gasteiger partial charge is 0.331 e. The van der Waals surface area contributed by atoms with Crippen LogP contribution in [0.5, 0.6) is 23.0 Å². The van der Waals surface area contributed by atoms with Gasteiger partial charge in [-0.25, -0.2) is 4.79 Å². The molecule has 0 amide bonds. The number of aryl methyl sites for hydroxylation is 1. The van der Waals surface area contributed by atoms with Crippen molar-refractivity contribution >= 4 is 11.8 Å². The zero-order chi connectivity index (χ0) is 39.1. The number of aliphatic hydroxyl groups excluding tert-OH is 3. The van der Waals surface area contributed by atoms with E-state index in [0.717, 1.165) is 30.2 Å². The second-order valence-corrected chi connectivity index (χ2v) is 12.9. The first-order valence-electron chi connectivity index (χ1n) is 18.5. The number of hydrogen-bond acceptors (Lipinski definition) is 11. The molecule has 0 aliphatic carbocycles. The lowest BCUT2D eigenvalue weighted by atomic mass is 9.98. The SMILES string of the molecule is CCCCCCCCC/C=C/C=C/C=C/C=C/C=C/C=C/C(=O)O[C@H]1[C@H](Oc2cc(O)cc(O)c2C(=O)CCc2ccc(O)cc2)O[C@H](CO)[C@@H](O)[C@@H]1O.